The maximum absolute atomic E-state index is 12.3. The average molecular weight is 638 g/mol. The molecule has 10 nitrogen and oxygen atoms in total. The van der Waals surface area contributed by atoms with Crippen LogP contribution in [0.4, 0.5) is 10.5 Å². The summed E-state index contributed by atoms with van der Waals surface area (Å²) >= 11 is 7.46. The summed E-state index contributed by atoms with van der Waals surface area (Å²) in [6.07, 6.45) is -0.880. The van der Waals surface area contributed by atoms with Crippen molar-refractivity contribution in [3.63, 3.8) is 0 Å². The van der Waals surface area contributed by atoms with Crippen molar-refractivity contribution in [1.29, 1.82) is 0 Å². The Morgan fingerprint density at radius 3 is 2.36 bits per heavy atom. The molecule has 0 aromatic heterocycles. The smallest absolute Gasteiger partial charge is 0.426 e. The highest BCUT2D eigenvalue weighted by Gasteiger charge is 2.29. The van der Waals surface area contributed by atoms with E-state index in [4.69, 9.17) is 21.1 Å². The zero-order valence-corrected chi connectivity index (χ0v) is 25.8. The van der Waals surface area contributed by atoms with Crippen LogP contribution in [0.1, 0.15) is 23.6 Å². The van der Waals surface area contributed by atoms with Gasteiger partial charge in [0.2, 0.25) is 11.8 Å². The van der Waals surface area contributed by atoms with Crippen LogP contribution in [0.3, 0.4) is 0 Å². The molecule has 0 saturated carbocycles. The van der Waals surface area contributed by atoms with Crippen molar-refractivity contribution in [2.45, 2.75) is 22.6 Å². The molecule has 1 fully saturated rings. The van der Waals surface area contributed by atoms with Gasteiger partial charge >= 0.3 is 6.09 Å². The van der Waals surface area contributed by atoms with E-state index in [0.29, 0.717) is 6.61 Å². The summed E-state index contributed by atoms with van der Waals surface area (Å²) in [5.41, 5.74) is 7.72. The lowest BCUT2D eigenvalue weighted by atomic mass is 9.96. The van der Waals surface area contributed by atoms with Crippen LogP contribution in [0.25, 0.3) is 0 Å². The third-order valence-corrected chi connectivity index (χ3v) is 8.99. The van der Waals surface area contributed by atoms with Crippen LogP contribution in [0.2, 0.25) is 5.02 Å². The maximum atomic E-state index is 12.3. The van der Waals surface area contributed by atoms with Crippen LogP contribution in [0.5, 0.6) is 0 Å². The van der Waals surface area contributed by atoms with Gasteiger partial charge in [-0.1, -0.05) is 66.2 Å². The Balaban J connectivity index is 0.942. The lowest BCUT2D eigenvalue weighted by Crippen LogP contribution is -2.48. The number of ether oxygens (including phenoxy) is 2. The van der Waals surface area contributed by atoms with E-state index < -0.39 is 17.3 Å². The Labute approximate surface area is 266 Å². The molecule has 2 aliphatic rings. The first-order valence-electron chi connectivity index (χ1n) is 14.6. The Hall–Kier alpha value is -3.61. The average Bonchev–Trinajstić information content (AvgIpc) is 3.04. The van der Waals surface area contributed by atoms with E-state index in [1.54, 1.807) is 0 Å². The molecule has 3 aromatic carbocycles. The van der Waals surface area contributed by atoms with E-state index in [1.807, 2.05) is 42.5 Å². The number of anilines is 1. The summed E-state index contributed by atoms with van der Waals surface area (Å²) in [5, 5.41) is 2.93. The molecule has 2 unspecified atom stereocenters. The number of hydrogen-bond acceptors (Lipinski definition) is 8. The van der Waals surface area contributed by atoms with Crippen LogP contribution in [0.15, 0.2) is 83.8 Å². The summed E-state index contributed by atoms with van der Waals surface area (Å²) in [6.45, 7) is 5.29. The third-order valence-electron chi connectivity index (χ3n) is 7.47. The van der Waals surface area contributed by atoms with Crippen LogP contribution >= 0.6 is 23.4 Å². The number of nitrogens with one attached hydrogen (secondary N) is 3. The van der Waals surface area contributed by atoms with Gasteiger partial charge in [0.1, 0.15) is 6.61 Å². The number of hydrogen-bond donors (Lipinski definition) is 3. The monoisotopic (exact) mass is 637 g/mol. The summed E-state index contributed by atoms with van der Waals surface area (Å²) in [6, 6.07) is 26.2. The van der Waals surface area contributed by atoms with Crippen molar-refractivity contribution in [1.82, 2.24) is 20.7 Å². The predicted octanol–water partition coefficient (Wildman–Crippen LogP) is 4.32. The van der Waals surface area contributed by atoms with Gasteiger partial charge in [-0.25, -0.2) is 10.2 Å². The summed E-state index contributed by atoms with van der Waals surface area (Å²) in [5.74, 6) is -0.742. The lowest BCUT2D eigenvalue weighted by molar-refractivity contribution is -0.124. The van der Waals surface area contributed by atoms with Crippen molar-refractivity contribution >= 4 is 47.0 Å². The molecule has 44 heavy (non-hydrogen) atoms. The quantitative estimate of drug-likeness (QED) is 0.211. The largest absolute Gasteiger partial charge is 0.446 e. The van der Waals surface area contributed by atoms with E-state index in [2.05, 4.69) is 62.4 Å². The molecule has 3 N–H and O–H groups in total. The molecule has 2 aliphatic heterocycles. The molecule has 232 valence electrons. The number of halogens is 1. The van der Waals surface area contributed by atoms with Gasteiger partial charge in [0, 0.05) is 49.1 Å². The van der Waals surface area contributed by atoms with Gasteiger partial charge < -0.3 is 14.8 Å². The van der Waals surface area contributed by atoms with Gasteiger partial charge in [0.05, 0.1) is 30.2 Å². The first kappa shape index (κ1) is 31.8. The number of benzene rings is 3. The standard InChI is InChI=1S/C32H36ClN5O5S/c33-25-12-10-24(11-13-25)30(23-6-2-1-3-7-23)38-16-14-37(15-17-38)18-19-42-20-21-43-32(41)36-35-29(39)22-28-31(40)34-26-8-4-5-9-27(26)44-28/h1-13,28,30H,14-22H2,(H,34,40)(H,35,39)(H,36,41). The topological polar surface area (TPSA) is 112 Å². The first-order chi connectivity index (χ1) is 21.5. The second kappa shape index (κ2) is 15.9. The number of rotatable bonds is 11. The molecule has 1 saturated heterocycles. The van der Waals surface area contributed by atoms with E-state index in [1.165, 1.54) is 22.9 Å². The normalized spacial score (nSPS) is 17.7. The van der Waals surface area contributed by atoms with Gasteiger partial charge in [-0.15, -0.1) is 11.8 Å². The Bertz CT molecular complexity index is 1410. The molecule has 12 heteroatoms. The minimum atomic E-state index is -0.794. The maximum Gasteiger partial charge on any atom is 0.426 e. The minimum Gasteiger partial charge on any atom is -0.446 e. The number of nitrogens with zero attached hydrogens (tertiary/aromatic N) is 2. The number of carbonyl (C=O) groups excluding carboxylic acids is 3. The highest BCUT2D eigenvalue weighted by molar-refractivity contribution is 8.01. The van der Waals surface area contributed by atoms with Crippen molar-refractivity contribution < 1.29 is 23.9 Å². The molecule has 0 bridgehead atoms. The summed E-state index contributed by atoms with van der Waals surface area (Å²) < 4.78 is 10.7. The van der Waals surface area contributed by atoms with E-state index in [9.17, 15) is 14.4 Å². The first-order valence-corrected chi connectivity index (χ1v) is 15.8. The van der Waals surface area contributed by atoms with Crippen molar-refractivity contribution in [2.75, 3.05) is 57.9 Å². The zero-order valence-electron chi connectivity index (χ0n) is 24.2. The second-order valence-corrected chi connectivity index (χ2v) is 12.1. The molecule has 0 spiro atoms. The van der Waals surface area contributed by atoms with Gasteiger partial charge in [0.15, 0.2) is 0 Å². The number of fused-ring (bicyclic) bond motifs is 1. The van der Waals surface area contributed by atoms with Crippen LogP contribution in [-0.2, 0) is 19.1 Å². The van der Waals surface area contributed by atoms with Crippen LogP contribution in [-0.4, -0.2) is 85.5 Å². The Morgan fingerprint density at radius 2 is 1.59 bits per heavy atom. The Kier molecular flexibility index (Phi) is 11.5. The molecule has 3 aromatic rings. The lowest BCUT2D eigenvalue weighted by Gasteiger charge is -2.39. The van der Waals surface area contributed by atoms with Crippen molar-refractivity contribution in [3.8, 4) is 0 Å². The Morgan fingerprint density at radius 1 is 0.886 bits per heavy atom. The molecule has 5 rings (SSSR count). The van der Waals surface area contributed by atoms with Gasteiger partial charge in [-0.05, 0) is 35.4 Å². The highest BCUT2D eigenvalue weighted by Crippen LogP contribution is 2.36. The zero-order chi connectivity index (χ0) is 30.7. The second-order valence-electron chi connectivity index (χ2n) is 10.5. The van der Waals surface area contributed by atoms with Crippen molar-refractivity contribution in [3.05, 3.63) is 95.0 Å². The van der Waals surface area contributed by atoms with Crippen LogP contribution < -0.4 is 16.2 Å². The molecular formula is C32H36ClN5O5S. The molecule has 0 radical (unpaired) electrons. The number of amides is 3. The fourth-order valence-corrected chi connectivity index (χ4v) is 6.47. The highest BCUT2D eigenvalue weighted by atomic mass is 35.5. The van der Waals surface area contributed by atoms with Gasteiger partial charge in [0.25, 0.3) is 0 Å². The van der Waals surface area contributed by atoms with Gasteiger partial charge in [-0.3, -0.25) is 24.8 Å². The molecule has 0 aliphatic carbocycles. The van der Waals surface area contributed by atoms with E-state index >= 15 is 0 Å². The number of carbonyl (C=O) groups is 3. The summed E-state index contributed by atoms with van der Waals surface area (Å²) in [7, 11) is 0. The SMILES string of the molecule is O=C(CC1Sc2ccccc2NC1=O)NNC(=O)OCCOCCN1CCN(C(c2ccccc2)c2ccc(Cl)cc2)CC1. The molecule has 3 amide bonds. The van der Waals surface area contributed by atoms with E-state index in [-0.39, 0.29) is 31.6 Å². The predicted molar refractivity (Wildman–Crippen MR) is 171 cm³/mol. The van der Waals surface area contributed by atoms with Gasteiger partial charge in [-0.2, -0.15) is 0 Å². The summed E-state index contributed by atoms with van der Waals surface area (Å²) in [4.78, 5) is 42.2. The molecule has 2 heterocycles. The minimum absolute atomic E-state index is 0.0486. The van der Waals surface area contributed by atoms with Crippen LogP contribution in [0, 0.1) is 0 Å². The number of hydrazine groups is 1. The number of thioether (sulfide) groups is 1. The fourth-order valence-electron chi connectivity index (χ4n) is 5.23. The molecule has 2 atom stereocenters. The fraction of sp³-hybridized carbons (Fsp3) is 0.344. The number of piperazine rings is 1. The molecular weight excluding hydrogens is 602 g/mol. The number of para-hydroxylation sites is 1. The van der Waals surface area contributed by atoms with E-state index in [0.717, 1.165) is 48.3 Å². The van der Waals surface area contributed by atoms with Crippen molar-refractivity contribution in [2.24, 2.45) is 0 Å². The third kappa shape index (κ3) is 8.96.